The molecule has 0 saturated carbocycles. The van der Waals surface area contributed by atoms with E-state index in [4.69, 9.17) is 11.6 Å². The van der Waals surface area contributed by atoms with Crippen LogP contribution in [0.15, 0.2) is 10.2 Å². The molecule has 4 nitrogen and oxygen atoms in total. The number of aryl methyl sites for hydroxylation is 2. The lowest BCUT2D eigenvalue weighted by Crippen LogP contribution is -2.03. The molecule has 0 aliphatic heterocycles. The Kier molecular flexibility index (Phi) is 4.84. The van der Waals surface area contributed by atoms with Gasteiger partial charge in [0.2, 0.25) is 0 Å². The fraction of sp³-hybridized carbons (Fsp3) is 0.467. The van der Waals surface area contributed by atoms with Crippen molar-refractivity contribution in [2.24, 2.45) is 0 Å². The van der Waals surface area contributed by atoms with E-state index < -0.39 is 0 Å². The first-order valence-corrected chi connectivity index (χ1v) is 8.02. The molecule has 0 aromatic carbocycles. The lowest BCUT2D eigenvalue weighted by molar-refractivity contribution is 0.746. The van der Waals surface area contributed by atoms with Crippen molar-refractivity contribution in [1.82, 2.24) is 19.9 Å². The zero-order chi connectivity index (χ0) is 15.7. The van der Waals surface area contributed by atoms with Crippen LogP contribution >= 0.6 is 23.4 Å². The molecule has 0 radical (unpaired) electrons. The summed E-state index contributed by atoms with van der Waals surface area (Å²) in [5.74, 6) is 0.971. The van der Waals surface area contributed by atoms with Crippen LogP contribution < -0.4 is 0 Å². The Balaban J connectivity index is 2.44. The summed E-state index contributed by atoms with van der Waals surface area (Å²) in [7, 11) is 0. The second kappa shape index (κ2) is 6.28. The molecule has 2 aromatic rings. The second-order valence-corrected chi connectivity index (χ2v) is 6.68. The first kappa shape index (κ1) is 16.2. The fourth-order valence-corrected chi connectivity index (χ4v) is 2.88. The number of rotatable bonds is 3. The molecule has 0 saturated heterocycles. The molecule has 6 heteroatoms. The molecule has 0 amide bonds. The zero-order valence-corrected chi connectivity index (χ0v) is 14.7. The average Bonchev–Trinajstić information content (AvgIpc) is 2.40. The van der Waals surface area contributed by atoms with Crippen LogP contribution in [0, 0.1) is 27.7 Å². The van der Waals surface area contributed by atoms with Crippen molar-refractivity contribution >= 4 is 23.4 Å². The summed E-state index contributed by atoms with van der Waals surface area (Å²) in [6, 6.07) is 0. The summed E-state index contributed by atoms with van der Waals surface area (Å²) < 4.78 is 0. The van der Waals surface area contributed by atoms with E-state index in [1.54, 1.807) is 0 Å². The molecule has 0 bridgehead atoms. The maximum absolute atomic E-state index is 6.21. The van der Waals surface area contributed by atoms with Crippen LogP contribution in [-0.2, 0) is 0 Å². The van der Waals surface area contributed by atoms with Crippen molar-refractivity contribution in [1.29, 1.82) is 0 Å². The van der Waals surface area contributed by atoms with Gasteiger partial charge in [-0.1, -0.05) is 25.4 Å². The summed E-state index contributed by atoms with van der Waals surface area (Å²) in [6.07, 6.45) is 0. The maximum Gasteiger partial charge on any atom is 0.194 e. The van der Waals surface area contributed by atoms with Crippen LogP contribution in [0.3, 0.4) is 0 Å². The highest BCUT2D eigenvalue weighted by atomic mass is 35.5. The minimum atomic E-state index is 0.227. The lowest BCUT2D eigenvalue weighted by atomic mass is 10.2. The Morgan fingerprint density at radius 1 is 0.857 bits per heavy atom. The van der Waals surface area contributed by atoms with E-state index in [9.17, 15) is 0 Å². The van der Waals surface area contributed by atoms with Crippen molar-refractivity contribution in [2.45, 2.75) is 57.6 Å². The van der Waals surface area contributed by atoms with Crippen molar-refractivity contribution in [3.8, 4) is 0 Å². The van der Waals surface area contributed by atoms with Gasteiger partial charge in [0.05, 0.1) is 0 Å². The molecule has 2 heterocycles. The zero-order valence-electron chi connectivity index (χ0n) is 13.2. The standard InChI is InChI=1S/C15H19ClN4S/c1-7(2)13-19-12(16)9(4)14(20-13)21-15-17-10(5)8(3)11(6)18-15/h7H,1-6H3. The van der Waals surface area contributed by atoms with Gasteiger partial charge < -0.3 is 0 Å². The molecule has 2 aromatic heterocycles. The van der Waals surface area contributed by atoms with Crippen molar-refractivity contribution < 1.29 is 0 Å². The van der Waals surface area contributed by atoms with Gasteiger partial charge in [0, 0.05) is 22.9 Å². The summed E-state index contributed by atoms with van der Waals surface area (Å²) in [4.78, 5) is 18.0. The van der Waals surface area contributed by atoms with E-state index in [0.717, 1.165) is 33.4 Å². The largest absolute Gasteiger partial charge is 0.227 e. The first-order valence-electron chi connectivity index (χ1n) is 6.83. The third kappa shape index (κ3) is 3.52. The van der Waals surface area contributed by atoms with Crippen LogP contribution in [0.4, 0.5) is 0 Å². The summed E-state index contributed by atoms with van der Waals surface area (Å²) >= 11 is 7.65. The third-order valence-electron chi connectivity index (χ3n) is 3.38. The Morgan fingerprint density at radius 3 is 1.95 bits per heavy atom. The highest BCUT2D eigenvalue weighted by Gasteiger charge is 2.15. The molecular formula is C15H19ClN4S. The highest BCUT2D eigenvalue weighted by Crippen LogP contribution is 2.31. The van der Waals surface area contributed by atoms with E-state index >= 15 is 0 Å². The molecule has 0 unspecified atom stereocenters. The van der Waals surface area contributed by atoms with E-state index in [-0.39, 0.29) is 5.92 Å². The molecule has 0 fully saturated rings. The minimum Gasteiger partial charge on any atom is -0.227 e. The number of hydrogen-bond acceptors (Lipinski definition) is 5. The average molecular weight is 323 g/mol. The van der Waals surface area contributed by atoms with E-state index in [1.807, 2.05) is 41.5 Å². The van der Waals surface area contributed by atoms with E-state index in [0.29, 0.717) is 10.3 Å². The Morgan fingerprint density at radius 2 is 1.43 bits per heavy atom. The van der Waals surface area contributed by atoms with E-state index in [2.05, 4.69) is 19.9 Å². The van der Waals surface area contributed by atoms with Crippen LogP contribution in [0.25, 0.3) is 0 Å². The smallest absolute Gasteiger partial charge is 0.194 e. The summed E-state index contributed by atoms with van der Waals surface area (Å²) in [5, 5.41) is 2.02. The molecule has 0 aliphatic carbocycles. The predicted octanol–water partition coefficient (Wildman–Crippen LogP) is 4.43. The topological polar surface area (TPSA) is 51.6 Å². The molecule has 0 N–H and O–H groups in total. The monoisotopic (exact) mass is 322 g/mol. The molecule has 0 atom stereocenters. The van der Waals surface area contributed by atoms with Gasteiger partial charge in [-0.15, -0.1) is 0 Å². The van der Waals surface area contributed by atoms with Crippen LogP contribution in [-0.4, -0.2) is 19.9 Å². The molecule has 21 heavy (non-hydrogen) atoms. The van der Waals surface area contributed by atoms with Crippen LogP contribution in [0.1, 0.15) is 48.1 Å². The number of aromatic nitrogens is 4. The minimum absolute atomic E-state index is 0.227. The lowest BCUT2D eigenvalue weighted by Gasteiger charge is -2.11. The van der Waals surface area contributed by atoms with Gasteiger partial charge >= 0.3 is 0 Å². The van der Waals surface area contributed by atoms with E-state index in [1.165, 1.54) is 11.8 Å². The fourth-order valence-electron chi connectivity index (χ4n) is 1.72. The molecule has 112 valence electrons. The third-order valence-corrected chi connectivity index (χ3v) is 4.70. The molecule has 0 aliphatic rings. The maximum atomic E-state index is 6.21. The quantitative estimate of drug-likeness (QED) is 0.618. The summed E-state index contributed by atoms with van der Waals surface area (Å²) in [5.41, 5.74) is 3.98. The predicted molar refractivity (Wildman–Crippen MR) is 86.2 cm³/mol. The Hall–Kier alpha value is -1.20. The molecule has 0 spiro atoms. The van der Waals surface area contributed by atoms with Gasteiger partial charge in [0.25, 0.3) is 0 Å². The van der Waals surface area contributed by atoms with Gasteiger partial charge in [0.15, 0.2) is 5.16 Å². The first-order chi connectivity index (χ1) is 9.79. The van der Waals surface area contributed by atoms with Gasteiger partial charge in [0.1, 0.15) is 16.0 Å². The van der Waals surface area contributed by atoms with Gasteiger partial charge in [-0.25, -0.2) is 19.9 Å². The van der Waals surface area contributed by atoms with Gasteiger partial charge in [-0.3, -0.25) is 0 Å². The highest BCUT2D eigenvalue weighted by molar-refractivity contribution is 7.99. The SMILES string of the molecule is Cc1nc(Sc2nc(C(C)C)nc(Cl)c2C)nc(C)c1C. The Labute approximate surface area is 134 Å². The van der Waals surface area contributed by atoms with Crippen LogP contribution in [0.2, 0.25) is 5.15 Å². The number of hydrogen-bond donors (Lipinski definition) is 0. The number of halogens is 1. The molecular weight excluding hydrogens is 304 g/mol. The number of nitrogens with zero attached hydrogens (tertiary/aromatic N) is 4. The van der Waals surface area contributed by atoms with Gasteiger partial charge in [-0.2, -0.15) is 0 Å². The van der Waals surface area contributed by atoms with Crippen molar-refractivity contribution in [2.75, 3.05) is 0 Å². The van der Waals surface area contributed by atoms with Gasteiger partial charge in [-0.05, 0) is 45.0 Å². The second-order valence-electron chi connectivity index (χ2n) is 5.36. The van der Waals surface area contributed by atoms with Crippen molar-refractivity contribution in [3.63, 3.8) is 0 Å². The normalized spacial score (nSPS) is 11.2. The summed E-state index contributed by atoms with van der Waals surface area (Å²) in [6.45, 7) is 12.0. The Bertz CT molecular complexity index is 663. The van der Waals surface area contributed by atoms with Crippen LogP contribution in [0.5, 0.6) is 0 Å². The van der Waals surface area contributed by atoms with Crippen molar-refractivity contribution in [3.05, 3.63) is 33.5 Å². The molecule has 2 rings (SSSR count).